The van der Waals surface area contributed by atoms with Crippen molar-refractivity contribution < 1.29 is 19.1 Å². The Morgan fingerprint density at radius 2 is 1.97 bits per heavy atom. The van der Waals surface area contributed by atoms with Gasteiger partial charge in [0.1, 0.15) is 11.2 Å². The highest BCUT2D eigenvalue weighted by Crippen LogP contribution is 2.28. The summed E-state index contributed by atoms with van der Waals surface area (Å²) in [6.45, 7) is 0.535. The Hall–Kier alpha value is -2.75. The summed E-state index contributed by atoms with van der Waals surface area (Å²) < 4.78 is 5.23. The van der Waals surface area contributed by atoms with Gasteiger partial charge in [0, 0.05) is 30.5 Å². The van der Waals surface area contributed by atoms with Crippen molar-refractivity contribution in [2.24, 2.45) is 0 Å². The second-order valence-corrected chi connectivity index (χ2v) is 9.04. The van der Waals surface area contributed by atoms with E-state index in [-0.39, 0.29) is 42.4 Å². The fraction of sp³-hybridized carbons (Fsp3) is 0.348. The van der Waals surface area contributed by atoms with Crippen LogP contribution >= 0.6 is 23.4 Å². The molecule has 176 valence electrons. The van der Waals surface area contributed by atoms with Gasteiger partial charge in [0.05, 0.1) is 18.6 Å². The third-order valence-corrected chi connectivity index (χ3v) is 6.19. The van der Waals surface area contributed by atoms with E-state index in [0.29, 0.717) is 23.0 Å². The number of nitrogens with one attached hydrogen (secondary N) is 4. The summed E-state index contributed by atoms with van der Waals surface area (Å²) in [4.78, 5) is 36.8. The van der Waals surface area contributed by atoms with Crippen molar-refractivity contribution in [2.75, 3.05) is 24.7 Å². The van der Waals surface area contributed by atoms with Gasteiger partial charge in [-0.25, -0.2) is 0 Å². The third kappa shape index (κ3) is 8.27. The van der Waals surface area contributed by atoms with E-state index in [2.05, 4.69) is 21.3 Å². The monoisotopic (exact) mass is 490 g/mol. The lowest BCUT2D eigenvalue weighted by Crippen LogP contribution is -2.56. The Kier molecular flexibility index (Phi) is 9.41. The number of rotatable bonds is 10. The van der Waals surface area contributed by atoms with Gasteiger partial charge in [0.25, 0.3) is 0 Å². The average molecular weight is 491 g/mol. The predicted molar refractivity (Wildman–Crippen MR) is 130 cm³/mol. The maximum Gasteiger partial charge on any atom is 0.234 e. The van der Waals surface area contributed by atoms with Gasteiger partial charge in [0.2, 0.25) is 17.7 Å². The summed E-state index contributed by atoms with van der Waals surface area (Å²) in [5.41, 5.74) is 1.15. The van der Waals surface area contributed by atoms with Crippen LogP contribution in [0.15, 0.2) is 48.5 Å². The van der Waals surface area contributed by atoms with E-state index in [1.54, 1.807) is 18.2 Å². The summed E-state index contributed by atoms with van der Waals surface area (Å²) in [5.74, 6) is 0.0411. The Morgan fingerprint density at radius 3 is 2.73 bits per heavy atom. The van der Waals surface area contributed by atoms with Gasteiger partial charge >= 0.3 is 0 Å². The van der Waals surface area contributed by atoms with E-state index < -0.39 is 5.50 Å². The first-order chi connectivity index (χ1) is 15.9. The summed E-state index contributed by atoms with van der Waals surface area (Å²) in [6, 6.07) is 14.6. The minimum Gasteiger partial charge on any atom is -0.495 e. The molecule has 0 radical (unpaired) electrons. The van der Waals surface area contributed by atoms with Crippen molar-refractivity contribution in [1.29, 1.82) is 0 Å². The molecule has 0 aromatic heterocycles. The molecule has 1 heterocycles. The van der Waals surface area contributed by atoms with E-state index in [4.69, 9.17) is 16.3 Å². The quantitative estimate of drug-likeness (QED) is 0.407. The third-order valence-electron chi connectivity index (χ3n) is 4.94. The standard InChI is InChI=1S/C23H27ClN4O4S/c1-32-19-8-7-16(24)11-18(19)27-22(31)14-33-23-26-17(13-21(30)28-23)12-20(29)25-10-9-15-5-3-2-4-6-15/h2-8,11,17,23,26H,9-10,12-14H2,1H3,(H,25,29)(H,27,31)(H,28,30). The fourth-order valence-electron chi connectivity index (χ4n) is 3.37. The molecule has 0 spiro atoms. The highest BCUT2D eigenvalue weighted by molar-refractivity contribution is 8.00. The summed E-state index contributed by atoms with van der Waals surface area (Å²) in [6.07, 6.45) is 1.14. The number of amides is 3. The first-order valence-electron chi connectivity index (χ1n) is 10.5. The van der Waals surface area contributed by atoms with Crippen LogP contribution < -0.4 is 26.0 Å². The zero-order chi connectivity index (χ0) is 23.6. The molecule has 1 aliphatic rings. The van der Waals surface area contributed by atoms with Crippen LogP contribution in [-0.4, -0.2) is 48.7 Å². The van der Waals surface area contributed by atoms with Crippen LogP contribution in [0.2, 0.25) is 5.02 Å². The molecule has 1 saturated heterocycles. The summed E-state index contributed by atoms with van der Waals surface area (Å²) in [5, 5.41) is 12.1. The number of ether oxygens (including phenoxy) is 1. The highest BCUT2D eigenvalue weighted by Gasteiger charge is 2.28. The van der Waals surface area contributed by atoms with Crippen molar-refractivity contribution in [3.05, 3.63) is 59.1 Å². The molecule has 0 saturated carbocycles. The average Bonchev–Trinajstić information content (AvgIpc) is 2.78. The van der Waals surface area contributed by atoms with Crippen molar-refractivity contribution in [3.8, 4) is 5.75 Å². The van der Waals surface area contributed by atoms with Gasteiger partial charge in [-0.15, -0.1) is 11.8 Å². The molecule has 10 heteroatoms. The van der Waals surface area contributed by atoms with Crippen LogP contribution in [-0.2, 0) is 20.8 Å². The number of methoxy groups -OCH3 is 1. The number of anilines is 1. The minimum atomic E-state index is -0.472. The molecule has 8 nitrogen and oxygen atoms in total. The van der Waals surface area contributed by atoms with Crippen molar-refractivity contribution >= 4 is 46.8 Å². The zero-order valence-electron chi connectivity index (χ0n) is 18.2. The van der Waals surface area contributed by atoms with Crippen LogP contribution in [0.5, 0.6) is 5.75 Å². The Morgan fingerprint density at radius 1 is 1.18 bits per heavy atom. The van der Waals surface area contributed by atoms with Crippen LogP contribution in [0.4, 0.5) is 5.69 Å². The van der Waals surface area contributed by atoms with Crippen LogP contribution in [0.25, 0.3) is 0 Å². The molecule has 3 amide bonds. The topological polar surface area (TPSA) is 109 Å². The zero-order valence-corrected chi connectivity index (χ0v) is 19.8. The molecule has 2 aromatic carbocycles. The highest BCUT2D eigenvalue weighted by atomic mass is 35.5. The molecule has 33 heavy (non-hydrogen) atoms. The van der Waals surface area contributed by atoms with Gasteiger partial charge in [0.15, 0.2) is 0 Å². The normalized spacial score (nSPS) is 17.7. The van der Waals surface area contributed by atoms with E-state index in [1.165, 1.54) is 18.9 Å². The summed E-state index contributed by atoms with van der Waals surface area (Å²) >= 11 is 7.22. The molecular weight excluding hydrogens is 464 g/mol. The second kappa shape index (κ2) is 12.5. The molecular formula is C23H27ClN4O4S. The lowest BCUT2D eigenvalue weighted by molar-refractivity contribution is -0.125. The Bertz CT molecular complexity index is 976. The summed E-state index contributed by atoms with van der Waals surface area (Å²) in [7, 11) is 1.51. The molecule has 0 bridgehead atoms. The molecule has 1 fully saturated rings. The predicted octanol–water partition coefficient (Wildman–Crippen LogP) is 2.53. The number of hydrogen-bond acceptors (Lipinski definition) is 6. The smallest absolute Gasteiger partial charge is 0.234 e. The lowest BCUT2D eigenvalue weighted by atomic mass is 10.1. The molecule has 4 N–H and O–H groups in total. The number of halogens is 1. The van der Waals surface area contributed by atoms with E-state index in [0.717, 1.165) is 12.0 Å². The SMILES string of the molecule is COc1ccc(Cl)cc1NC(=O)CSC1NC(=O)CC(CC(=O)NCCc2ccccc2)N1. The van der Waals surface area contributed by atoms with Gasteiger partial charge in [-0.05, 0) is 30.2 Å². The van der Waals surface area contributed by atoms with E-state index in [1.807, 2.05) is 30.3 Å². The molecule has 0 aliphatic carbocycles. The molecule has 2 unspecified atom stereocenters. The van der Waals surface area contributed by atoms with Crippen LogP contribution in [0.1, 0.15) is 18.4 Å². The van der Waals surface area contributed by atoms with Gasteiger partial charge in [-0.1, -0.05) is 41.9 Å². The molecule has 2 atom stereocenters. The maximum atomic E-state index is 12.4. The lowest BCUT2D eigenvalue weighted by Gasteiger charge is -2.30. The first kappa shape index (κ1) is 24.9. The maximum absolute atomic E-state index is 12.4. The second-order valence-electron chi connectivity index (χ2n) is 7.51. The van der Waals surface area contributed by atoms with Crippen molar-refractivity contribution in [2.45, 2.75) is 30.8 Å². The van der Waals surface area contributed by atoms with Gasteiger partial charge < -0.3 is 20.7 Å². The molecule has 3 rings (SSSR count). The number of hydrogen-bond donors (Lipinski definition) is 4. The van der Waals surface area contributed by atoms with Gasteiger partial charge in [-0.3, -0.25) is 19.7 Å². The molecule has 2 aromatic rings. The first-order valence-corrected chi connectivity index (χ1v) is 12.0. The molecule has 1 aliphatic heterocycles. The Labute approximate surface area is 202 Å². The number of carbonyl (C=O) groups excluding carboxylic acids is 3. The Balaban J connectivity index is 1.42. The largest absolute Gasteiger partial charge is 0.495 e. The van der Waals surface area contributed by atoms with E-state index in [9.17, 15) is 14.4 Å². The fourth-order valence-corrected chi connectivity index (χ4v) is 4.44. The number of benzene rings is 2. The van der Waals surface area contributed by atoms with Gasteiger partial charge in [-0.2, -0.15) is 0 Å². The van der Waals surface area contributed by atoms with Crippen LogP contribution in [0, 0.1) is 0 Å². The van der Waals surface area contributed by atoms with Crippen molar-refractivity contribution in [3.63, 3.8) is 0 Å². The van der Waals surface area contributed by atoms with Crippen molar-refractivity contribution in [1.82, 2.24) is 16.0 Å². The van der Waals surface area contributed by atoms with E-state index >= 15 is 0 Å². The van der Waals surface area contributed by atoms with Crippen LogP contribution in [0.3, 0.4) is 0 Å². The minimum absolute atomic E-state index is 0.0869. The number of thioether (sulfide) groups is 1. The number of carbonyl (C=O) groups is 3.